The second-order valence-corrected chi connectivity index (χ2v) is 4.59. The summed E-state index contributed by atoms with van der Waals surface area (Å²) in [7, 11) is 0. The Bertz CT molecular complexity index is 198. The van der Waals surface area contributed by atoms with Crippen molar-refractivity contribution in [3.05, 3.63) is 0 Å². The maximum absolute atomic E-state index is 11.8. The summed E-state index contributed by atoms with van der Waals surface area (Å²) < 4.78 is 0. The van der Waals surface area contributed by atoms with Crippen LogP contribution in [-0.2, 0) is 4.79 Å². The predicted octanol–water partition coefficient (Wildman–Crippen LogP) is -0.160. The average Bonchev–Trinajstić information content (AvgIpc) is 2.19. The summed E-state index contributed by atoms with van der Waals surface area (Å²) >= 11 is 0. The smallest absolute Gasteiger partial charge is 0.227 e. The minimum Gasteiger partial charge on any atom is -0.353 e. The zero-order valence-corrected chi connectivity index (χ0v) is 9.10. The zero-order valence-electron chi connectivity index (χ0n) is 9.10. The number of nitrogens with two attached hydrogens (primary N) is 1. The molecule has 4 heteroatoms. The highest BCUT2D eigenvalue weighted by atomic mass is 16.2. The zero-order chi connectivity index (χ0) is 10.6. The fraction of sp³-hybridized carbons (Fsp3) is 0.900. The summed E-state index contributed by atoms with van der Waals surface area (Å²) in [5.74, 6) is 0.0758. The minimum atomic E-state index is -0.440. The molecule has 0 atom stereocenters. The Morgan fingerprint density at radius 2 is 2.07 bits per heavy atom. The van der Waals surface area contributed by atoms with Gasteiger partial charge >= 0.3 is 0 Å². The van der Waals surface area contributed by atoms with E-state index in [1.807, 2.05) is 13.8 Å². The molecule has 1 fully saturated rings. The maximum Gasteiger partial charge on any atom is 0.227 e. The second kappa shape index (κ2) is 4.75. The largest absolute Gasteiger partial charge is 0.353 e. The molecule has 0 bridgehead atoms. The lowest BCUT2D eigenvalue weighted by molar-refractivity contribution is -0.129. The first-order chi connectivity index (χ1) is 6.56. The Labute approximate surface area is 85.6 Å². The number of nitrogens with one attached hydrogen (secondary N) is 2. The number of carbonyl (C=O) groups excluding carboxylic acids is 1. The maximum atomic E-state index is 11.8. The molecule has 82 valence electrons. The van der Waals surface area contributed by atoms with E-state index in [1.54, 1.807) is 0 Å². The number of amides is 1. The van der Waals surface area contributed by atoms with E-state index in [1.165, 1.54) is 0 Å². The molecule has 0 saturated carbocycles. The fourth-order valence-electron chi connectivity index (χ4n) is 1.44. The van der Waals surface area contributed by atoms with Gasteiger partial charge in [-0.05, 0) is 39.8 Å². The van der Waals surface area contributed by atoms with E-state index in [0.717, 1.165) is 25.9 Å². The first-order valence-electron chi connectivity index (χ1n) is 5.28. The highest BCUT2D eigenvalue weighted by molar-refractivity contribution is 5.82. The van der Waals surface area contributed by atoms with Crippen molar-refractivity contribution in [2.24, 2.45) is 11.1 Å². The third-order valence-corrected chi connectivity index (χ3v) is 2.80. The first kappa shape index (κ1) is 11.5. The quantitative estimate of drug-likeness (QED) is 0.591. The van der Waals surface area contributed by atoms with E-state index in [-0.39, 0.29) is 5.91 Å². The van der Waals surface area contributed by atoms with Gasteiger partial charge in [0, 0.05) is 12.6 Å². The molecule has 0 aromatic heterocycles. The molecule has 0 unspecified atom stereocenters. The van der Waals surface area contributed by atoms with Gasteiger partial charge in [0.25, 0.3) is 0 Å². The van der Waals surface area contributed by atoms with Crippen LogP contribution in [-0.4, -0.2) is 31.6 Å². The van der Waals surface area contributed by atoms with Gasteiger partial charge in [0.15, 0.2) is 0 Å². The van der Waals surface area contributed by atoms with Crippen LogP contribution in [0.5, 0.6) is 0 Å². The molecule has 0 aromatic carbocycles. The van der Waals surface area contributed by atoms with Crippen molar-refractivity contribution in [2.75, 3.05) is 19.6 Å². The summed E-state index contributed by atoms with van der Waals surface area (Å²) in [6.45, 7) is 6.14. The summed E-state index contributed by atoms with van der Waals surface area (Å²) in [5.41, 5.74) is 5.10. The third-order valence-electron chi connectivity index (χ3n) is 2.80. The number of rotatable bonds is 3. The van der Waals surface area contributed by atoms with E-state index in [9.17, 15) is 4.79 Å². The van der Waals surface area contributed by atoms with Crippen LogP contribution in [0.25, 0.3) is 0 Å². The molecule has 0 radical (unpaired) electrons. The molecular formula is C10H21N3O. The molecule has 14 heavy (non-hydrogen) atoms. The normalized spacial score (nSPS) is 19.4. The van der Waals surface area contributed by atoms with Gasteiger partial charge in [0.1, 0.15) is 0 Å². The van der Waals surface area contributed by atoms with Crippen LogP contribution in [0.4, 0.5) is 0 Å². The van der Waals surface area contributed by atoms with Crippen LogP contribution >= 0.6 is 0 Å². The van der Waals surface area contributed by atoms with Crippen molar-refractivity contribution in [3.8, 4) is 0 Å². The average molecular weight is 199 g/mol. The van der Waals surface area contributed by atoms with Crippen LogP contribution < -0.4 is 16.4 Å². The van der Waals surface area contributed by atoms with Crippen LogP contribution in [0, 0.1) is 5.41 Å². The molecule has 1 amide bonds. The lowest BCUT2D eigenvalue weighted by atomic mass is 9.91. The molecule has 4 N–H and O–H groups in total. The Morgan fingerprint density at radius 3 is 2.57 bits per heavy atom. The Balaban J connectivity index is 2.39. The topological polar surface area (TPSA) is 67.2 Å². The second-order valence-electron chi connectivity index (χ2n) is 4.59. The molecule has 1 saturated heterocycles. The first-order valence-corrected chi connectivity index (χ1v) is 5.28. The van der Waals surface area contributed by atoms with Crippen LogP contribution in [0.1, 0.15) is 26.7 Å². The fourth-order valence-corrected chi connectivity index (χ4v) is 1.44. The van der Waals surface area contributed by atoms with Gasteiger partial charge in [-0.1, -0.05) is 0 Å². The number of hydrogen-bond donors (Lipinski definition) is 3. The highest BCUT2D eigenvalue weighted by Gasteiger charge is 2.27. The molecule has 1 heterocycles. The Kier molecular flexibility index (Phi) is 3.89. The van der Waals surface area contributed by atoms with Crippen molar-refractivity contribution < 1.29 is 4.79 Å². The summed E-state index contributed by atoms with van der Waals surface area (Å²) in [6.07, 6.45) is 2.04. The van der Waals surface area contributed by atoms with E-state index in [0.29, 0.717) is 12.6 Å². The molecule has 0 spiro atoms. The molecule has 1 rings (SSSR count). The number of carbonyl (C=O) groups is 1. The summed E-state index contributed by atoms with van der Waals surface area (Å²) in [6, 6.07) is 0.328. The molecule has 1 aliphatic rings. The summed E-state index contributed by atoms with van der Waals surface area (Å²) in [4.78, 5) is 11.8. The SMILES string of the molecule is CC(C)(CN)C(=O)NC1CCNCC1. The van der Waals surface area contributed by atoms with E-state index in [2.05, 4.69) is 10.6 Å². The van der Waals surface area contributed by atoms with Crippen LogP contribution in [0.15, 0.2) is 0 Å². The Morgan fingerprint density at radius 1 is 1.50 bits per heavy atom. The van der Waals surface area contributed by atoms with Gasteiger partial charge in [-0.2, -0.15) is 0 Å². The van der Waals surface area contributed by atoms with Crippen molar-refractivity contribution in [1.82, 2.24) is 10.6 Å². The van der Waals surface area contributed by atoms with Gasteiger partial charge < -0.3 is 16.4 Å². The van der Waals surface area contributed by atoms with Gasteiger partial charge in [0.2, 0.25) is 5.91 Å². The van der Waals surface area contributed by atoms with Crippen LogP contribution in [0.2, 0.25) is 0 Å². The van der Waals surface area contributed by atoms with Gasteiger partial charge in [0.05, 0.1) is 5.41 Å². The molecular weight excluding hydrogens is 178 g/mol. The van der Waals surface area contributed by atoms with Gasteiger partial charge in [-0.3, -0.25) is 4.79 Å². The molecule has 0 aromatic rings. The molecule has 0 aliphatic carbocycles. The van der Waals surface area contributed by atoms with Crippen molar-refractivity contribution in [1.29, 1.82) is 0 Å². The van der Waals surface area contributed by atoms with Gasteiger partial charge in [-0.15, -0.1) is 0 Å². The molecule has 1 aliphatic heterocycles. The monoisotopic (exact) mass is 199 g/mol. The number of piperidine rings is 1. The van der Waals surface area contributed by atoms with E-state index in [4.69, 9.17) is 5.73 Å². The van der Waals surface area contributed by atoms with Crippen molar-refractivity contribution in [3.63, 3.8) is 0 Å². The van der Waals surface area contributed by atoms with E-state index >= 15 is 0 Å². The van der Waals surface area contributed by atoms with Crippen LogP contribution in [0.3, 0.4) is 0 Å². The Hall–Kier alpha value is -0.610. The standard InChI is InChI=1S/C10H21N3O/c1-10(2,7-11)9(14)13-8-3-5-12-6-4-8/h8,12H,3-7,11H2,1-2H3,(H,13,14). The highest BCUT2D eigenvalue weighted by Crippen LogP contribution is 2.14. The lowest BCUT2D eigenvalue weighted by Crippen LogP contribution is -2.49. The lowest BCUT2D eigenvalue weighted by Gasteiger charge is -2.28. The summed E-state index contributed by atoms with van der Waals surface area (Å²) in [5, 5.41) is 6.32. The van der Waals surface area contributed by atoms with Crippen molar-refractivity contribution >= 4 is 5.91 Å². The van der Waals surface area contributed by atoms with Gasteiger partial charge in [-0.25, -0.2) is 0 Å². The molecule has 4 nitrogen and oxygen atoms in total. The van der Waals surface area contributed by atoms with E-state index < -0.39 is 5.41 Å². The van der Waals surface area contributed by atoms with Crippen molar-refractivity contribution in [2.45, 2.75) is 32.7 Å². The number of hydrogen-bond acceptors (Lipinski definition) is 3. The predicted molar refractivity (Wildman–Crippen MR) is 56.9 cm³/mol. The minimum absolute atomic E-state index is 0.0758. The third kappa shape index (κ3) is 2.96.